The zero-order valence-corrected chi connectivity index (χ0v) is 18.0. The molecule has 162 valence electrons. The Morgan fingerprint density at radius 1 is 1.07 bits per heavy atom. The Bertz CT molecular complexity index is 1020. The molecule has 1 N–H and O–H groups in total. The van der Waals surface area contributed by atoms with Gasteiger partial charge in [-0.2, -0.15) is 0 Å². The summed E-state index contributed by atoms with van der Waals surface area (Å²) in [5.74, 6) is -0.408. The summed E-state index contributed by atoms with van der Waals surface area (Å²) in [6, 6.07) is 10.8. The number of methoxy groups -OCH3 is 2. The van der Waals surface area contributed by atoms with Crippen LogP contribution in [0.15, 0.2) is 42.5 Å². The zero-order chi connectivity index (χ0) is 22.3. The van der Waals surface area contributed by atoms with E-state index in [1.165, 1.54) is 32.4 Å². The van der Waals surface area contributed by atoms with Crippen molar-refractivity contribution >= 4 is 33.3 Å². The topological polar surface area (TPSA) is 111 Å². The van der Waals surface area contributed by atoms with Gasteiger partial charge in [0.25, 0.3) is 0 Å². The van der Waals surface area contributed by atoms with Gasteiger partial charge in [0.1, 0.15) is 18.0 Å². The van der Waals surface area contributed by atoms with Crippen molar-refractivity contribution in [2.24, 2.45) is 0 Å². The number of sulfonamides is 1. The maximum atomic E-state index is 12.6. The van der Waals surface area contributed by atoms with Crippen molar-refractivity contribution in [1.82, 2.24) is 0 Å². The Morgan fingerprint density at radius 3 is 2.40 bits per heavy atom. The average molecular weight is 436 g/mol. The molecule has 0 aliphatic carbocycles. The van der Waals surface area contributed by atoms with Crippen LogP contribution in [-0.4, -0.2) is 53.9 Å². The van der Waals surface area contributed by atoms with E-state index in [0.29, 0.717) is 11.4 Å². The molecule has 2 aromatic carbocycles. The maximum Gasteiger partial charge on any atom is 0.338 e. The first kappa shape index (κ1) is 23.0. The predicted octanol–water partition coefficient (Wildman–Crippen LogP) is 2.29. The van der Waals surface area contributed by atoms with Gasteiger partial charge in [-0.25, -0.2) is 13.2 Å². The third kappa shape index (κ3) is 5.86. The van der Waals surface area contributed by atoms with Gasteiger partial charge in [0.05, 0.1) is 38.3 Å². The first-order valence-corrected chi connectivity index (χ1v) is 10.8. The first-order valence-electron chi connectivity index (χ1n) is 8.96. The number of hydrogen-bond acceptors (Lipinski definition) is 7. The van der Waals surface area contributed by atoms with Crippen molar-refractivity contribution < 1.29 is 32.2 Å². The van der Waals surface area contributed by atoms with Crippen molar-refractivity contribution in [1.29, 1.82) is 0 Å². The van der Waals surface area contributed by atoms with Gasteiger partial charge in [-0.15, -0.1) is 0 Å². The van der Waals surface area contributed by atoms with Crippen LogP contribution in [0.25, 0.3) is 0 Å². The van der Waals surface area contributed by atoms with E-state index in [4.69, 9.17) is 14.2 Å². The summed E-state index contributed by atoms with van der Waals surface area (Å²) in [5, 5.41) is 2.59. The van der Waals surface area contributed by atoms with E-state index in [9.17, 15) is 18.0 Å². The number of amides is 1. The van der Waals surface area contributed by atoms with Crippen LogP contribution >= 0.6 is 0 Å². The molecule has 2 rings (SSSR count). The average Bonchev–Trinajstić information content (AvgIpc) is 2.71. The van der Waals surface area contributed by atoms with E-state index in [2.05, 4.69) is 5.32 Å². The summed E-state index contributed by atoms with van der Waals surface area (Å²) in [4.78, 5) is 24.4. The molecular formula is C20H24N2O7S. The standard InChI is InChI=1S/C20H24N2O7S/c1-5-29-20(24)14-7-6-8-15(11-14)21-19(23)13-22(30(4,25)26)17-10-9-16(27-2)12-18(17)28-3/h6-12H,5,13H2,1-4H3,(H,21,23). The minimum absolute atomic E-state index is 0.191. The van der Waals surface area contributed by atoms with E-state index >= 15 is 0 Å². The summed E-state index contributed by atoms with van der Waals surface area (Å²) in [7, 11) is -0.947. The molecule has 2 aromatic rings. The molecule has 0 radical (unpaired) electrons. The molecule has 10 heteroatoms. The van der Waals surface area contributed by atoms with Crippen molar-refractivity contribution in [3.63, 3.8) is 0 Å². The van der Waals surface area contributed by atoms with Gasteiger partial charge in [-0.3, -0.25) is 9.10 Å². The predicted molar refractivity (Wildman–Crippen MR) is 113 cm³/mol. The highest BCUT2D eigenvalue weighted by molar-refractivity contribution is 7.92. The number of nitrogens with zero attached hydrogens (tertiary/aromatic N) is 1. The molecule has 0 aliphatic rings. The number of carbonyl (C=O) groups excluding carboxylic acids is 2. The van der Waals surface area contributed by atoms with Crippen LogP contribution in [0, 0.1) is 0 Å². The number of ether oxygens (including phenoxy) is 3. The molecule has 0 heterocycles. The van der Waals surface area contributed by atoms with Crippen molar-refractivity contribution in [3.05, 3.63) is 48.0 Å². The van der Waals surface area contributed by atoms with E-state index in [1.54, 1.807) is 31.2 Å². The minimum Gasteiger partial charge on any atom is -0.497 e. The molecule has 0 fully saturated rings. The number of carbonyl (C=O) groups is 2. The number of esters is 1. The first-order chi connectivity index (χ1) is 14.2. The molecule has 0 saturated heterocycles. The number of hydrogen-bond donors (Lipinski definition) is 1. The Morgan fingerprint density at radius 2 is 1.80 bits per heavy atom. The lowest BCUT2D eigenvalue weighted by Crippen LogP contribution is -2.37. The zero-order valence-electron chi connectivity index (χ0n) is 17.2. The molecule has 0 spiro atoms. The smallest absolute Gasteiger partial charge is 0.338 e. The fraction of sp³-hybridized carbons (Fsp3) is 0.300. The van der Waals surface area contributed by atoms with Crippen molar-refractivity contribution in [2.45, 2.75) is 6.92 Å². The molecule has 0 aromatic heterocycles. The van der Waals surface area contributed by atoms with Crippen LogP contribution in [0.2, 0.25) is 0 Å². The highest BCUT2D eigenvalue weighted by Gasteiger charge is 2.24. The molecule has 9 nitrogen and oxygen atoms in total. The van der Waals surface area contributed by atoms with E-state index in [-0.39, 0.29) is 23.6 Å². The summed E-state index contributed by atoms with van der Waals surface area (Å²) in [5.41, 5.74) is 0.795. The quantitative estimate of drug-likeness (QED) is 0.600. The Hall–Kier alpha value is -3.27. The lowest BCUT2D eigenvalue weighted by Gasteiger charge is -2.24. The van der Waals surface area contributed by atoms with Gasteiger partial charge in [0, 0.05) is 11.8 Å². The maximum absolute atomic E-state index is 12.6. The normalized spacial score (nSPS) is 10.8. The molecule has 0 aliphatic heterocycles. The second-order valence-corrected chi connectivity index (χ2v) is 8.06. The fourth-order valence-corrected chi connectivity index (χ4v) is 3.50. The summed E-state index contributed by atoms with van der Waals surface area (Å²) < 4.78 is 41.0. The van der Waals surface area contributed by atoms with Gasteiger partial charge < -0.3 is 19.5 Å². The molecule has 30 heavy (non-hydrogen) atoms. The van der Waals surface area contributed by atoms with Crippen molar-refractivity contribution in [3.8, 4) is 11.5 Å². The second kappa shape index (κ2) is 9.97. The summed E-state index contributed by atoms with van der Waals surface area (Å²) >= 11 is 0. The molecule has 1 amide bonds. The number of benzene rings is 2. The van der Waals surface area contributed by atoms with Gasteiger partial charge in [0.15, 0.2) is 0 Å². The molecular weight excluding hydrogens is 412 g/mol. The van der Waals surface area contributed by atoms with Crippen LogP contribution in [0.1, 0.15) is 17.3 Å². The number of nitrogens with one attached hydrogen (secondary N) is 1. The SMILES string of the molecule is CCOC(=O)c1cccc(NC(=O)CN(c2ccc(OC)cc2OC)S(C)(=O)=O)c1. The number of anilines is 2. The number of rotatable bonds is 9. The molecule has 0 bridgehead atoms. The van der Waals surface area contributed by atoms with Crippen LogP contribution in [0.4, 0.5) is 11.4 Å². The molecule has 0 unspecified atom stereocenters. The molecule has 0 saturated carbocycles. The largest absolute Gasteiger partial charge is 0.497 e. The van der Waals surface area contributed by atoms with Crippen LogP contribution < -0.4 is 19.1 Å². The van der Waals surface area contributed by atoms with Crippen LogP contribution in [-0.2, 0) is 19.6 Å². The molecule has 0 atom stereocenters. The third-order valence-corrected chi connectivity index (χ3v) is 5.13. The van der Waals surface area contributed by atoms with Crippen LogP contribution in [0.5, 0.6) is 11.5 Å². The van der Waals surface area contributed by atoms with E-state index in [0.717, 1.165) is 10.6 Å². The lowest BCUT2D eigenvalue weighted by atomic mass is 10.2. The fourth-order valence-electron chi connectivity index (χ4n) is 2.64. The third-order valence-electron chi connectivity index (χ3n) is 4.00. The van der Waals surface area contributed by atoms with E-state index < -0.39 is 28.4 Å². The highest BCUT2D eigenvalue weighted by Crippen LogP contribution is 2.33. The minimum atomic E-state index is -3.81. The van der Waals surface area contributed by atoms with Crippen LogP contribution in [0.3, 0.4) is 0 Å². The summed E-state index contributed by atoms with van der Waals surface area (Å²) in [6.07, 6.45) is 0.991. The van der Waals surface area contributed by atoms with Gasteiger partial charge in [-0.05, 0) is 37.3 Å². The monoisotopic (exact) mass is 436 g/mol. The Labute approximate surface area is 175 Å². The van der Waals surface area contributed by atoms with E-state index in [1.807, 2.05) is 0 Å². The Balaban J connectivity index is 2.26. The van der Waals surface area contributed by atoms with Gasteiger partial charge in [0.2, 0.25) is 15.9 Å². The second-order valence-electron chi connectivity index (χ2n) is 6.16. The van der Waals surface area contributed by atoms with Gasteiger partial charge in [-0.1, -0.05) is 6.07 Å². The lowest BCUT2D eigenvalue weighted by molar-refractivity contribution is -0.114. The van der Waals surface area contributed by atoms with Crippen molar-refractivity contribution in [2.75, 3.05) is 43.2 Å². The van der Waals surface area contributed by atoms with Gasteiger partial charge >= 0.3 is 5.97 Å². The summed E-state index contributed by atoms with van der Waals surface area (Å²) in [6.45, 7) is 1.42. The Kier molecular flexibility index (Phi) is 7.65. The highest BCUT2D eigenvalue weighted by atomic mass is 32.2.